The standard InChI is InChI=1S/C19H30N2O10/c1-10(22)21-16-18(30-13(4)25)17(29-12(3)24)14(9-28-11(2)23)31-19(16)27-8-6-5-7-15(20)26/h14,16-19H,5-9H2,1-4H3,(H2,20,26)(H,21,22). The Morgan fingerprint density at radius 3 is 2.03 bits per heavy atom. The van der Waals surface area contributed by atoms with E-state index >= 15 is 0 Å². The van der Waals surface area contributed by atoms with Crippen LogP contribution in [0.4, 0.5) is 0 Å². The lowest BCUT2D eigenvalue weighted by Crippen LogP contribution is -2.66. The van der Waals surface area contributed by atoms with Gasteiger partial charge in [-0.3, -0.25) is 24.0 Å². The summed E-state index contributed by atoms with van der Waals surface area (Å²) in [4.78, 5) is 57.3. The maximum atomic E-state index is 11.8. The van der Waals surface area contributed by atoms with Crippen molar-refractivity contribution in [2.24, 2.45) is 5.73 Å². The molecular formula is C19H30N2O10. The van der Waals surface area contributed by atoms with Crippen molar-refractivity contribution in [3.05, 3.63) is 0 Å². The maximum absolute atomic E-state index is 11.8. The molecular weight excluding hydrogens is 416 g/mol. The third-order valence-corrected chi connectivity index (χ3v) is 4.17. The highest BCUT2D eigenvalue weighted by molar-refractivity contribution is 5.74. The number of rotatable bonds is 11. The highest BCUT2D eigenvalue weighted by atomic mass is 16.7. The minimum atomic E-state index is -1.17. The van der Waals surface area contributed by atoms with Crippen LogP contribution in [0.2, 0.25) is 0 Å². The van der Waals surface area contributed by atoms with E-state index in [4.69, 9.17) is 29.4 Å². The molecule has 0 radical (unpaired) electrons. The summed E-state index contributed by atoms with van der Waals surface area (Å²) in [5, 5.41) is 2.60. The molecule has 0 spiro atoms. The molecule has 3 N–H and O–H groups in total. The minimum absolute atomic E-state index is 0.138. The third kappa shape index (κ3) is 9.75. The van der Waals surface area contributed by atoms with E-state index in [1.54, 1.807) is 0 Å². The summed E-state index contributed by atoms with van der Waals surface area (Å²) in [6.45, 7) is 4.59. The van der Waals surface area contributed by atoms with E-state index in [2.05, 4.69) is 5.32 Å². The van der Waals surface area contributed by atoms with E-state index in [1.807, 2.05) is 0 Å². The largest absolute Gasteiger partial charge is 0.463 e. The van der Waals surface area contributed by atoms with Gasteiger partial charge in [-0.1, -0.05) is 0 Å². The Balaban J connectivity index is 3.11. The lowest BCUT2D eigenvalue weighted by Gasteiger charge is -2.44. The first-order valence-corrected chi connectivity index (χ1v) is 9.81. The van der Waals surface area contributed by atoms with Gasteiger partial charge in [0.2, 0.25) is 11.8 Å². The van der Waals surface area contributed by atoms with Crippen molar-refractivity contribution in [2.45, 2.75) is 77.6 Å². The van der Waals surface area contributed by atoms with Crippen LogP contribution in [-0.2, 0) is 47.7 Å². The molecule has 0 aromatic carbocycles. The van der Waals surface area contributed by atoms with Gasteiger partial charge in [0.15, 0.2) is 18.5 Å². The molecule has 31 heavy (non-hydrogen) atoms. The molecule has 5 unspecified atom stereocenters. The van der Waals surface area contributed by atoms with Gasteiger partial charge >= 0.3 is 17.9 Å². The van der Waals surface area contributed by atoms with E-state index in [-0.39, 0.29) is 19.6 Å². The Labute approximate surface area is 180 Å². The number of nitrogens with one attached hydrogen (secondary N) is 1. The number of ether oxygens (including phenoxy) is 5. The summed E-state index contributed by atoms with van der Waals surface area (Å²) >= 11 is 0. The second-order valence-corrected chi connectivity index (χ2v) is 7.01. The SMILES string of the molecule is CC(=O)NC1C(OCCCCC(N)=O)OC(COC(C)=O)C(OC(C)=O)C1OC(C)=O. The van der Waals surface area contributed by atoms with Gasteiger partial charge in [0.25, 0.3) is 0 Å². The van der Waals surface area contributed by atoms with Crippen LogP contribution in [0.25, 0.3) is 0 Å². The number of hydrogen-bond donors (Lipinski definition) is 2. The quantitative estimate of drug-likeness (QED) is 0.235. The van der Waals surface area contributed by atoms with Crippen LogP contribution in [0.15, 0.2) is 0 Å². The normalized spacial score (nSPS) is 25.2. The summed E-state index contributed by atoms with van der Waals surface area (Å²) in [6, 6.07) is -1.02. The summed E-state index contributed by atoms with van der Waals surface area (Å²) in [5.74, 6) is -2.88. The molecule has 12 heteroatoms. The van der Waals surface area contributed by atoms with Crippen LogP contribution in [-0.4, -0.2) is 73.6 Å². The number of amides is 2. The van der Waals surface area contributed by atoms with Gasteiger partial charge in [0.1, 0.15) is 18.8 Å². The first kappa shape index (κ1) is 26.3. The van der Waals surface area contributed by atoms with Crippen molar-refractivity contribution in [1.82, 2.24) is 5.32 Å². The van der Waals surface area contributed by atoms with Crippen molar-refractivity contribution in [3.8, 4) is 0 Å². The number of carbonyl (C=O) groups excluding carboxylic acids is 5. The maximum Gasteiger partial charge on any atom is 0.303 e. The molecule has 0 aromatic rings. The molecule has 1 heterocycles. The second-order valence-electron chi connectivity index (χ2n) is 7.01. The molecule has 1 rings (SSSR count). The van der Waals surface area contributed by atoms with Gasteiger partial charge in [0.05, 0.1) is 0 Å². The van der Waals surface area contributed by atoms with E-state index in [1.165, 1.54) is 13.8 Å². The summed E-state index contributed by atoms with van der Waals surface area (Å²) in [5.41, 5.74) is 5.11. The van der Waals surface area contributed by atoms with Gasteiger partial charge in [-0.2, -0.15) is 0 Å². The van der Waals surface area contributed by atoms with Gasteiger partial charge in [0, 0.05) is 40.7 Å². The van der Waals surface area contributed by atoms with Gasteiger partial charge < -0.3 is 34.7 Å². The first-order valence-electron chi connectivity index (χ1n) is 9.81. The number of primary amides is 1. The Morgan fingerprint density at radius 1 is 0.903 bits per heavy atom. The molecule has 1 aliphatic rings. The number of unbranched alkanes of at least 4 members (excludes halogenated alkanes) is 1. The summed E-state index contributed by atoms with van der Waals surface area (Å²) < 4.78 is 27.2. The third-order valence-electron chi connectivity index (χ3n) is 4.17. The predicted octanol–water partition coefficient (Wildman–Crippen LogP) is -0.685. The molecule has 176 valence electrons. The minimum Gasteiger partial charge on any atom is -0.463 e. The zero-order chi connectivity index (χ0) is 23.6. The highest BCUT2D eigenvalue weighted by Gasteiger charge is 2.51. The molecule has 0 aromatic heterocycles. The number of nitrogens with two attached hydrogens (primary N) is 1. The number of carbonyl (C=O) groups is 5. The topological polar surface area (TPSA) is 170 Å². The van der Waals surface area contributed by atoms with Crippen molar-refractivity contribution < 1.29 is 47.7 Å². The predicted molar refractivity (Wildman–Crippen MR) is 103 cm³/mol. The van der Waals surface area contributed by atoms with Gasteiger partial charge in [-0.25, -0.2) is 0 Å². The molecule has 5 atom stereocenters. The molecule has 12 nitrogen and oxygen atoms in total. The molecule has 2 amide bonds. The molecule has 0 saturated carbocycles. The lowest BCUT2D eigenvalue weighted by atomic mass is 9.96. The van der Waals surface area contributed by atoms with Crippen LogP contribution < -0.4 is 11.1 Å². The summed E-state index contributed by atoms with van der Waals surface area (Å²) in [7, 11) is 0. The van der Waals surface area contributed by atoms with Gasteiger partial charge in [-0.15, -0.1) is 0 Å². The number of esters is 3. The molecule has 0 aliphatic carbocycles. The fourth-order valence-corrected chi connectivity index (χ4v) is 3.03. The van der Waals surface area contributed by atoms with Crippen molar-refractivity contribution in [2.75, 3.05) is 13.2 Å². The molecule has 1 saturated heterocycles. The lowest BCUT2D eigenvalue weighted by molar-refractivity contribution is -0.277. The first-order chi connectivity index (χ1) is 14.5. The Bertz CT molecular complexity index is 668. The zero-order valence-corrected chi connectivity index (χ0v) is 18.1. The van der Waals surface area contributed by atoms with E-state index < -0.39 is 60.4 Å². The summed E-state index contributed by atoms with van der Waals surface area (Å²) in [6.07, 6.45) is -3.36. The average Bonchev–Trinajstić information content (AvgIpc) is 2.62. The van der Waals surface area contributed by atoms with E-state index in [9.17, 15) is 24.0 Å². The van der Waals surface area contributed by atoms with Crippen LogP contribution in [0.3, 0.4) is 0 Å². The fraction of sp³-hybridized carbons (Fsp3) is 0.737. The van der Waals surface area contributed by atoms with Crippen LogP contribution in [0.1, 0.15) is 47.0 Å². The van der Waals surface area contributed by atoms with Crippen molar-refractivity contribution in [3.63, 3.8) is 0 Å². The monoisotopic (exact) mass is 446 g/mol. The van der Waals surface area contributed by atoms with Crippen molar-refractivity contribution in [1.29, 1.82) is 0 Å². The fourth-order valence-electron chi connectivity index (χ4n) is 3.03. The Hall–Kier alpha value is -2.73. The Kier molecular flexibility index (Phi) is 10.9. The Morgan fingerprint density at radius 2 is 1.52 bits per heavy atom. The van der Waals surface area contributed by atoms with Crippen LogP contribution >= 0.6 is 0 Å². The number of hydrogen-bond acceptors (Lipinski definition) is 10. The van der Waals surface area contributed by atoms with Crippen molar-refractivity contribution >= 4 is 29.7 Å². The molecule has 1 aliphatic heterocycles. The smallest absolute Gasteiger partial charge is 0.303 e. The second kappa shape index (κ2) is 12.8. The zero-order valence-electron chi connectivity index (χ0n) is 18.1. The average molecular weight is 446 g/mol. The van der Waals surface area contributed by atoms with Crippen LogP contribution in [0, 0.1) is 0 Å². The highest BCUT2D eigenvalue weighted by Crippen LogP contribution is 2.28. The van der Waals surface area contributed by atoms with Gasteiger partial charge in [-0.05, 0) is 12.8 Å². The van der Waals surface area contributed by atoms with E-state index in [0.717, 1.165) is 13.8 Å². The van der Waals surface area contributed by atoms with Crippen LogP contribution in [0.5, 0.6) is 0 Å². The molecule has 1 fully saturated rings. The van der Waals surface area contributed by atoms with E-state index in [0.29, 0.717) is 12.8 Å². The molecule has 0 bridgehead atoms.